The Labute approximate surface area is 119 Å². The molecule has 21 heavy (non-hydrogen) atoms. The quantitative estimate of drug-likeness (QED) is 0.729. The number of anilines is 1. The zero-order chi connectivity index (χ0) is 14.8. The second-order valence-corrected chi connectivity index (χ2v) is 4.45. The average Bonchev–Trinajstić information content (AvgIpc) is 3.10. The highest BCUT2D eigenvalue weighted by atomic mass is 16.2. The first-order chi connectivity index (χ1) is 10.1. The van der Waals surface area contributed by atoms with Crippen LogP contribution < -0.4 is 5.32 Å². The second-order valence-electron chi connectivity index (χ2n) is 4.45. The fourth-order valence-corrected chi connectivity index (χ4v) is 1.89. The number of nitrogens with one attached hydrogen (secondary N) is 2. The van der Waals surface area contributed by atoms with Crippen LogP contribution in [0.2, 0.25) is 0 Å². The molecule has 106 valence electrons. The van der Waals surface area contributed by atoms with Gasteiger partial charge in [0.05, 0.1) is 5.69 Å². The van der Waals surface area contributed by atoms with Gasteiger partial charge in [0.25, 0.3) is 5.91 Å². The van der Waals surface area contributed by atoms with E-state index in [1.165, 1.54) is 6.33 Å². The number of aromatic nitrogens is 7. The minimum absolute atomic E-state index is 0.106. The minimum Gasteiger partial charge on any atom is -0.319 e. The van der Waals surface area contributed by atoms with Crippen molar-refractivity contribution in [3.05, 3.63) is 41.7 Å². The van der Waals surface area contributed by atoms with Gasteiger partial charge in [0.15, 0.2) is 0 Å². The molecule has 1 amide bonds. The molecule has 9 heteroatoms. The van der Waals surface area contributed by atoms with E-state index in [-0.39, 0.29) is 11.7 Å². The van der Waals surface area contributed by atoms with Gasteiger partial charge in [0.2, 0.25) is 5.82 Å². The molecule has 0 aliphatic heterocycles. The van der Waals surface area contributed by atoms with Crippen LogP contribution >= 0.6 is 0 Å². The van der Waals surface area contributed by atoms with Crippen molar-refractivity contribution in [2.45, 2.75) is 13.8 Å². The lowest BCUT2D eigenvalue weighted by Crippen LogP contribution is -2.14. The summed E-state index contributed by atoms with van der Waals surface area (Å²) >= 11 is 0. The molecule has 1 aromatic carbocycles. The van der Waals surface area contributed by atoms with Gasteiger partial charge in [-0.3, -0.25) is 9.89 Å². The van der Waals surface area contributed by atoms with E-state index in [0.717, 1.165) is 11.3 Å². The molecule has 0 spiro atoms. The maximum absolute atomic E-state index is 12.0. The van der Waals surface area contributed by atoms with Crippen LogP contribution in [0.5, 0.6) is 0 Å². The molecule has 0 fully saturated rings. The molecular weight excluding hydrogens is 272 g/mol. The lowest BCUT2D eigenvalue weighted by molar-refractivity contribution is 0.101. The Morgan fingerprint density at radius 1 is 1.33 bits per heavy atom. The number of hydrogen-bond acceptors (Lipinski definition) is 6. The first-order valence-electron chi connectivity index (χ1n) is 6.18. The maximum atomic E-state index is 12.0. The van der Waals surface area contributed by atoms with Gasteiger partial charge in [-0.05, 0) is 48.0 Å². The fourth-order valence-electron chi connectivity index (χ4n) is 1.89. The van der Waals surface area contributed by atoms with Crippen molar-refractivity contribution in [3.8, 4) is 5.69 Å². The summed E-state index contributed by atoms with van der Waals surface area (Å²) < 4.78 is 1.56. The molecule has 0 radical (unpaired) electrons. The van der Waals surface area contributed by atoms with Crippen LogP contribution in [0.15, 0.2) is 24.5 Å². The van der Waals surface area contributed by atoms with E-state index >= 15 is 0 Å². The number of tetrazole rings is 1. The van der Waals surface area contributed by atoms with Gasteiger partial charge in [-0.25, -0.2) is 9.67 Å². The molecule has 0 bridgehead atoms. The van der Waals surface area contributed by atoms with Crippen LogP contribution in [0.4, 0.5) is 5.69 Å². The Kier molecular flexibility index (Phi) is 3.14. The highest BCUT2D eigenvalue weighted by Gasteiger charge is 2.12. The lowest BCUT2D eigenvalue weighted by atomic mass is 10.2. The van der Waals surface area contributed by atoms with Gasteiger partial charge in [0.1, 0.15) is 12.2 Å². The third-order valence-electron chi connectivity index (χ3n) is 2.85. The first kappa shape index (κ1) is 12.9. The van der Waals surface area contributed by atoms with Crippen molar-refractivity contribution in [1.29, 1.82) is 0 Å². The Balaban J connectivity index is 1.81. The van der Waals surface area contributed by atoms with E-state index in [9.17, 15) is 4.79 Å². The standard InChI is InChI=1S/C12H12N8O/c1-7-5-9(3-4-10(7)20-6-13-18-19-20)15-12(21)11-14-8(2)16-17-11/h3-6H,1-2H3,(H,15,21)(H,14,16,17). The molecule has 0 saturated carbocycles. The maximum Gasteiger partial charge on any atom is 0.295 e. The van der Waals surface area contributed by atoms with Crippen molar-refractivity contribution in [3.63, 3.8) is 0 Å². The highest BCUT2D eigenvalue weighted by Crippen LogP contribution is 2.18. The highest BCUT2D eigenvalue weighted by molar-refractivity contribution is 6.01. The van der Waals surface area contributed by atoms with E-state index in [4.69, 9.17) is 0 Å². The smallest absolute Gasteiger partial charge is 0.295 e. The number of aryl methyl sites for hydroxylation is 2. The summed E-state index contributed by atoms with van der Waals surface area (Å²) in [5.41, 5.74) is 2.41. The molecule has 2 N–H and O–H groups in total. The lowest BCUT2D eigenvalue weighted by Gasteiger charge is -2.08. The van der Waals surface area contributed by atoms with Crippen molar-refractivity contribution < 1.29 is 4.79 Å². The molecule has 0 aliphatic rings. The van der Waals surface area contributed by atoms with Crippen molar-refractivity contribution >= 4 is 11.6 Å². The van der Waals surface area contributed by atoms with E-state index < -0.39 is 0 Å². The number of aromatic amines is 1. The number of amides is 1. The number of benzene rings is 1. The third-order valence-corrected chi connectivity index (χ3v) is 2.85. The van der Waals surface area contributed by atoms with Crippen LogP contribution in [-0.4, -0.2) is 41.3 Å². The summed E-state index contributed by atoms with van der Waals surface area (Å²) in [4.78, 5) is 15.9. The van der Waals surface area contributed by atoms with Crippen LogP contribution in [0.3, 0.4) is 0 Å². The number of carbonyl (C=O) groups excluding carboxylic acids is 1. The summed E-state index contributed by atoms with van der Waals surface area (Å²) in [7, 11) is 0. The van der Waals surface area contributed by atoms with E-state index in [0.29, 0.717) is 11.5 Å². The largest absolute Gasteiger partial charge is 0.319 e. The summed E-state index contributed by atoms with van der Waals surface area (Å²) in [6.45, 7) is 3.64. The molecule has 0 aliphatic carbocycles. The summed E-state index contributed by atoms with van der Waals surface area (Å²) in [6.07, 6.45) is 1.51. The third kappa shape index (κ3) is 2.61. The first-order valence-corrected chi connectivity index (χ1v) is 6.18. The molecule has 2 aromatic heterocycles. The van der Waals surface area contributed by atoms with E-state index in [1.807, 2.05) is 19.1 Å². The number of carbonyl (C=O) groups is 1. The Bertz CT molecular complexity index is 776. The van der Waals surface area contributed by atoms with Gasteiger partial charge in [-0.2, -0.15) is 0 Å². The summed E-state index contributed by atoms with van der Waals surface area (Å²) in [5.74, 6) is 0.328. The monoisotopic (exact) mass is 284 g/mol. The predicted molar refractivity (Wildman–Crippen MR) is 73.0 cm³/mol. The van der Waals surface area contributed by atoms with Crippen molar-refractivity contribution in [2.75, 3.05) is 5.32 Å². The number of rotatable bonds is 3. The van der Waals surface area contributed by atoms with Gasteiger partial charge in [0, 0.05) is 5.69 Å². The van der Waals surface area contributed by atoms with Gasteiger partial charge in [-0.1, -0.05) is 0 Å². The fraction of sp³-hybridized carbons (Fsp3) is 0.167. The Morgan fingerprint density at radius 2 is 2.19 bits per heavy atom. The SMILES string of the molecule is Cc1nc(C(=O)Nc2ccc(-n3cnnn3)c(C)c2)n[nH]1. The molecule has 9 nitrogen and oxygen atoms in total. The Morgan fingerprint density at radius 3 is 2.81 bits per heavy atom. The van der Waals surface area contributed by atoms with Gasteiger partial charge >= 0.3 is 0 Å². The molecule has 2 heterocycles. The van der Waals surface area contributed by atoms with Gasteiger partial charge < -0.3 is 5.32 Å². The molecule has 3 aromatic rings. The second kappa shape index (κ2) is 5.12. The van der Waals surface area contributed by atoms with Gasteiger partial charge in [-0.15, -0.1) is 10.2 Å². The number of H-pyrrole nitrogens is 1. The predicted octanol–water partition coefficient (Wildman–Crippen LogP) is 0.650. The zero-order valence-corrected chi connectivity index (χ0v) is 11.4. The van der Waals surface area contributed by atoms with Crippen molar-refractivity contribution in [1.82, 2.24) is 35.4 Å². The molecule has 0 saturated heterocycles. The molecular formula is C12H12N8O. The molecule has 0 atom stereocenters. The average molecular weight is 284 g/mol. The van der Waals surface area contributed by atoms with Crippen LogP contribution in [0.25, 0.3) is 5.69 Å². The Hall–Kier alpha value is -3.10. The normalized spacial score (nSPS) is 10.6. The molecule has 0 unspecified atom stereocenters. The molecule has 3 rings (SSSR count). The summed E-state index contributed by atoms with van der Waals surface area (Å²) in [5, 5.41) is 20.2. The zero-order valence-electron chi connectivity index (χ0n) is 11.4. The van der Waals surface area contributed by atoms with Crippen LogP contribution in [0.1, 0.15) is 22.0 Å². The minimum atomic E-state index is -0.367. The summed E-state index contributed by atoms with van der Waals surface area (Å²) in [6, 6.07) is 5.42. The number of nitrogens with zero attached hydrogens (tertiary/aromatic N) is 6. The topological polar surface area (TPSA) is 114 Å². The van der Waals surface area contributed by atoms with Crippen LogP contribution in [0, 0.1) is 13.8 Å². The van der Waals surface area contributed by atoms with Crippen LogP contribution in [-0.2, 0) is 0 Å². The van der Waals surface area contributed by atoms with E-state index in [1.54, 1.807) is 17.7 Å². The van der Waals surface area contributed by atoms with Crippen molar-refractivity contribution in [2.24, 2.45) is 0 Å². The van der Waals surface area contributed by atoms with E-state index in [2.05, 4.69) is 36.0 Å². The number of hydrogen-bond donors (Lipinski definition) is 2.